The first kappa shape index (κ1) is 20.5. The van der Waals surface area contributed by atoms with Crippen LogP contribution in [0.1, 0.15) is 11.1 Å². The molecule has 138 valence electrons. The van der Waals surface area contributed by atoms with Crippen LogP contribution in [0.5, 0.6) is 0 Å². The molecule has 0 bridgehead atoms. The van der Waals surface area contributed by atoms with E-state index in [0.29, 0.717) is 31.4 Å². The zero-order valence-electron chi connectivity index (χ0n) is 13.7. The Morgan fingerprint density at radius 1 is 1.24 bits per heavy atom. The Hall–Kier alpha value is -0.790. The number of alkyl halides is 3. The molecule has 1 aromatic rings. The zero-order chi connectivity index (χ0) is 18.4. The molecule has 1 aliphatic rings. The van der Waals surface area contributed by atoms with Crippen molar-refractivity contribution in [3.63, 3.8) is 0 Å². The van der Waals surface area contributed by atoms with E-state index in [1.54, 1.807) is 0 Å². The van der Waals surface area contributed by atoms with E-state index in [4.69, 9.17) is 51.8 Å². The Bertz CT molecular complexity index is 602. The SMILES string of the molecule is Cc1ccc(CC(=O)NC(NC(=S)N2CCOCC2)C(Cl)(Cl)Cl)cc1. The second-order valence-corrected chi connectivity index (χ2v) is 8.51. The number of halogens is 3. The van der Waals surface area contributed by atoms with E-state index in [1.807, 2.05) is 36.1 Å². The third-order valence-corrected chi connectivity index (χ3v) is 4.71. The molecule has 2 rings (SSSR count). The van der Waals surface area contributed by atoms with Gasteiger partial charge in [0.15, 0.2) is 5.11 Å². The smallest absolute Gasteiger partial charge is 0.228 e. The Kier molecular flexibility index (Phi) is 7.58. The maximum atomic E-state index is 12.3. The molecule has 1 heterocycles. The van der Waals surface area contributed by atoms with E-state index < -0.39 is 9.96 Å². The van der Waals surface area contributed by atoms with Crippen molar-refractivity contribution >= 4 is 58.0 Å². The fraction of sp³-hybridized carbons (Fsp3) is 0.500. The van der Waals surface area contributed by atoms with Crippen molar-refractivity contribution in [1.82, 2.24) is 15.5 Å². The van der Waals surface area contributed by atoms with Gasteiger partial charge in [0.25, 0.3) is 0 Å². The van der Waals surface area contributed by atoms with Gasteiger partial charge in [0.2, 0.25) is 9.70 Å². The molecule has 0 radical (unpaired) electrons. The second-order valence-electron chi connectivity index (χ2n) is 5.75. The number of hydrogen-bond donors (Lipinski definition) is 2. The molecule has 5 nitrogen and oxygen atoms in total. The van der Waals surface area contributed by atoms with Crippen LogP contribution in [0.2, 0.25) is 0 Å². The summed E-state index contributed by atoms with van der Waals surface area (Å²) < 4.78 is 3.53. The molecule has 2 N–H and O–H groups in total. The Morgan fingerprint density at radius 3 is 2.40 bits per heavy atom. The molecule has 1 aromatic carbocycles. The topological polar surface area (TPSA) is 53.6 Å². The number of amides is 1. The summed E-state index contributed by atoms with van der Waals surface area (Å²) in [5.74, 6) is -0.266. The summed E-state index contributed by atoms with van der Waals surface area (Å²) >= 11 is 23.4. The Balaban J connectivity index is 1.95. The lowest BCUT2D eigenvalue weighted by molar-refractivity contribution is -0.121. The maximum absolute atomic E-state index is 12.3. The van der Waals surface area contributed by atoms with Gasteiger partial charge in [-0.1, -0.05) is 64.6 Å². The molecular formula is C16H20Cl3N3O2S. The van der Waals surface area contributed by atoms with Crippen molar-refractivity contribution in [3.8, 4) is 0 Å². The first-order chi connectivity index (χ1) is 11.8. The van der Waals surface area contributed by atoms with Crippen molar-refractivity contribution in [2.45, 2.75) is 23.3 Å². The van der Waals surface area contributed by atoms with Gasteiger partial charge in [-0.05, 0) is 24.7 Å². The van der Waals surface area contributed by atoms with Gasteiger partial charge in [-0.25, -0.2) is 0 Å². The molecular weight excluding hydrogens is 405 g/mol. The van der Waals surface area contributed by atoms with Crippen molar-refractivity contribution < 1.29 is 9.53 Å². The van der Waals surface area contributed by atoms with Crippen LogP contribution in [-0.4, -0.2) is 52.2 Å². The van der Waals surface area contributed by atoms with E-state index in [0.717, 1.165) is 11.1 Å². The monoisotopic (exact) mass is 423 g/mol. The first-order valence-corrected chi connectivity index (χ1v) is 9.35. The minimum atomic E-state index is -1.75. The molecule has 0 aromatic heterocycles. The Morgan fingerprint density at radius 2 is 1.84 bits per heavy atom. The van der Waals surface area contributed by atoms with Gasteiger partial charge in [-0.3, -0.25) is 4.79 Å². The number of morpholine rings is 1. The molecule has 9 heteroatoms. The number of ether oxygens (including phenoxy) is 1. The summed E-state index contributed by atoms with van der Waals surface area (Å²) in [6, 6.07) is 7.68. The summed E-state index contributed by atoms with van der Waals surface area (Å²) in [6.07, 6.45) is -0.755. The van der Waals surface area contributed by atoms with Gasteiger partial charge in [0.05, 0.1) is 19.6 Å². The fourth-order valence-corrected chi connectivity index (χ4v) is 2.91. The minimum absolute atomic E-state index is 0.184. The van der Waals surface area contributed by atoms with Gasteiger partial charge in [-0.2, -0.15) is 0 Å². The minimum Gasteiger partial charge on any atom is -0.378 e. The van der Waals surface area contributed by atoms with Crippen LogP contribution in [0, 0.1) is 6.92 Å². The van der Waals surface area contributed by atoms with Crippen molar-refractivity contribution in [1.29, 1.82) is 0 Å². The number of carbonyl (C=O) groups is 1. The number of benzene rings is 1. The van der Waals surface area contributed by atoms with Gasteiger partial charge in [0, 0.05) is 13.1 Å². The predicted octanol–water partition coefficient (Wildman–Crippen LogP) is 2.56. The molecule has 1 fully saturated rings. The lowest BCUT2D eigenvalue weighted by atomic mass is 10.1. The van der Waals surface area contributed by atoms with Gasteiger partial charge < -0.3 is 20.3 Å². The molecule has 25 heavy (non-hydrogen) atoms. The van der Waals surface area contributed by atoms with Crippen LogP contribution < -0.4 is 10.6 Å². The number of rotatable bonds is 4. The van der Waals surface area contributed by atoms with E-state index in [-0.39, 0.29) is 12.3 Å². The average molecular weight is 425 g/mol. The van der Waals surface area contributed by atoms with Crippen LogP contribution in [0.3, 0.4) is 0 Å². The molecule has 1 amide bonds. The first-order valence-electron chi connectivity index (χ1n) is 7.80. The van der Waals surface area contributed by atoms with Gasteiger partial charge >= 0.3 is 0 Å². The van der Waals surface area contributed by atoms with E-state index in [1.165, 1.54) is 0 Å². The molecule has 0 aliphatic carbocycles. The number of carbonyl (C=O) groups excluding carboxylic acids is 1. The van der Waals surface area contributed by atoms with Gasteiger partial charge in [-0.15, -0.1) is 0 Å². The molecule has 0 saturated carbocycles. The summed E-state index contributed by atoms with van der Waals surface area (Å²) in [7, 11) is 0. The number of hydrogen-bond acceptors (Lipinski definition) is 3. The standard InChI is InChI=1S/C16H20Cl3N3O2S/c1-11-2-4-12(5-3-11)10-13(23)20-14(16(17,18)19)21-15(25)22-6-8-24-9-7-22/h2-5,14H,6-10H2,1H3,(H,20,23)(H,21,25). The van der Waals surface area contributed by atoms with E-state index in [2.05, 4.69) is 10.6 Å². The number of thiocarbonyl (C=S) groups is 1. The average Bonchev–Trinajstić information content (AvgIpc) is 2.56. The number of nitrogens with one attached hydrogen (secondary N) is 2. The van der Waals surface area contributed by atoms with E-state index >= 15 is 0 Å². The van der Waals surface area contributed by atoms with Crippen LogP contribution in [0.15, 0.2) is 24.3 Å². The van der Waals surface area contributed by atoms with Crippen molar-refractivity contribution in [2.24, 2.45) is 0 Å². The van der Waals surface area contributed by atoms with E-state index in [9.17, 15) is 4.79 Å². The maximum Gasteiger partial charge on any atom is 0.228 e. The van der Waals surface area contributed by atoms with Crippen molar-refractivity contribution in [3.05, 3.63) is 35.4 Å². The fourth-order valence-electron chi connectivity index (χ4n) is 2.28. The Labute approximate surface area is 167 Å². The molecule has 1 unspecified atom stereocenters. The molecule has 0 spiro atoms. The van der Waals surface area contributed by atoms with Crippen LogP contribution in [0.25, 0.3) is 0 Å². The largest absolute Gasteiger partial charge is 0.378 e. The van der Waals surface area contributed by atoms with Crippen LogP contribution in [0.4, 0.5) is 0 Å². The molecule has 1 aliphatic heterocycles. The zero-order valence-corrected chi connectivity index (χ0v) is 16.8. The third-order valence-electron chi connectivity index (χ3n) is 3.68. The van der Waals surface area contributed by atoms with Crippen LogP contribution >= 0.6 is 47.0 Å². The summed E-state index contributed by atoms with van der Waals surface area (Å²) in [4.78, 5) is 14.2. The lowest BCUT2D eigenvalue weighted by Crippen LogP contribution is -2.59. The van der Waals surface area contributed by atoms with Crippen LogP contribution in [-0.2, 0) is 16.0 Å². The third kappa shape index (κ3) is 6.79. The quantitative estimate of drug-likeness (QED) is 0.442. The van der Waals surface area contributed by atoms with Gasteiger partial charge in [0.1, 0.15) is 6.17 Å². The highest BCUT2D eigenvalue weighted by Crippen LogP contribution is 2.29. The number of aryl methyl sites for hydroxylation is 1. The summed E-state index contributed by atoms with van der Waals surface area (Å²) in [5, 5.41) is 6.04. The molecule has 1 atom stereocenters. The highest BCUT2D eigenvalue weighted by Gasteiger charge is 2.35. The number of nitrogens with zero attached hydrogens (tertiary/aromatic N) is 1. The molecule has 1 saturated heterocycles. The summed E-state index contributed by atoms with van der Waals surface area (Å²) in [5.41, 5.74) is 2.00. The second kappa shape index (κ2) is 9.24. The highest BCUT2D eigenvalue weighted by atomic mass is 35.6. The normalized spacial score (nSPS) is 16.2. The highest BCUT2D eigenvalue weighted by molar-refractivity contribution is 7.80. The predicted molar refractivity (Wildman–Crippen MR) is 105 cm³/mol. The lowest BCUT2D eigenvalue weighted by Gasteiger charge is -2.34. The van der Waals surface area contributed by atoms with Crippen molar-refractivity contribution in [2.75, 3.05) is 26.3 Å². The summed E-state index contributed by atoms with van der Waals surface area (Å²) in [6.45, 7) is 4.45.